The van der Waals surface area contributed by atoms with Gasteiger partial charge in [0.25, 0.3) is 0 Å². The average Bonchev–Trinajstić information content (AvgIpc) is 2.42. The van der Waals surface area contributed by atoms with Crippen molar-refractivity contribution in [3.63, 3.8) is 0 Å². The predicted octanol–water partition coefficient (Wildman–Crippen LogP) is 1.31. The maximum absolute atomic E-state index is 11.8. The van der Waals surface area contributed by atoms with E-state index in [1.165, 1.54) is 7.05 Å². The molecule has 0 aliphatic carbocycles. The van der Waals surface area contributed by atoms with Crippen LogP contribution < -0.4 is 10.6 Å². The van der Waals surface area contributed by atoms with Gasteiger partial charge in [-0.15, -0.1) is 0 Å². The first-order valence-electron chi connectivity index (χ1n) is 6.26. The van der Waals surface area contributed by atoms with E-state index in [0.29, 0.717) is 15.6 Å². The molecule has 0 aliphatic rings. The van der Waals surface area contributed by atoms with E-state index in [1.807, 2.05) is 5.32 Å². The molecule has 0 bridgehead atoms. The third kappa shape index (κ3) is 6.13. The molecule has 0 aromatic heterocycles. The van der Waals surface area contributed by atoms with Gasteiger partial charge in [-0.1, -0.05) is 29.3 Å². The molecule has 0 aliphatic heterocycles. The number of likely N-dealkylation sites (N-methyl/N-ethyl adjacent to an activating group) is 1. The highest BCUT2D eigenvalue weighted by atomic mass is 35.5. The number of halogens is 2. The molecular weight excluding hydrogens is 347 g/mol. The number of carbonyl (C=O) groups is 3. The molecule has 0 radical (unpaired) electrons. The molecule has 0 atom stereocenters. The molecule has 1 rings (SSSR count). The van der Waals surface area contributed by atoms with Crippen LogP contribution in [0.1, 0.15) is 5.56 Å². The summed E-state index contributed by atoms with van der Waals surface area (Å²) in [6, 6.07) is 3.94. The van der Waals surface area contributed by atoms with Gasteiger partial charge in [0, 0.05) is 17.1 Å². The second-order valence-corrected chi connectivity index (χ2v) is 5.29. The van der Waals surface area contributed by atoms with Crippen molar-refractivity contribution >= 4 is 47.1 Å². The van der Waals surface area contributed by atoms with Gasteiger partial charge in [-0.3, -0.25) is 25.6 Å². The van der Waals surface area contributed by atoms with E-state index in [0.717, 1.165) is 4.90 Å². The smallest absolute Gasteiger partial charge is 0.324 e. The number of aliphatic carboxylic acids is 1. The molecule has 0 unspecified atom stereocenters. The molecule has 23 heavy (non-hydrogen) atoms. The third-order valence-corrected chi connectivity index (χ3v) is 3.32. The van der Waals surface area contributed by atoms with Crippen molar-refractivity contribution in [2.45, 2.75) is 6.42 Å². The Morgan fingerprint density at radius 2 is 1.78 bits per heavy atom. The summed E-state index contributed by atoms with van der Waals surface area (Å²) >= 11 is 11.9. The van der Waals surface area contributed by atoms with Crippen LogP contribution >= 0.6 is 23.2 Å². The van der Waals surface area contributed by atoms with E-state index < -0.39 is 30.4 Å². The number of urea groups is 1. The summed E-state index contributed by atoms with van der Waals surface area (Å²) in [6.45, 7) is -0.539. The molecule has 1 aromatic carbocycles. The minimum Gasteiger partial charge on any atom is -0.480 e. The quantitative estimate of drug-likeness (QED) is 0.477. The Morgan fingerprint density at radius 1 is 1.22 bits per heavy atom. The van der Waals surface area contributed by atoms with Crippen molar-refractivity contribution < 1.29 is 19.5 Å². The highest BCUT2D eigenvalue weighted by Crippen LogP contribution is 2.24. The number of hydrogen-bond donors (Lipinski definition) is 4. The summed E-state index contributed by atoms with van der Waals surface area (Å²) in [4.78, 5) is 34.7. The van der Waals surface area contributed by atoms with Crippen molar-refractivity contribution in [1.82, 2.24) is 15.5 Å². The van der Waals surface area contributed by atoms with Crippen molar-refractivity contribution in [3.05, 3.63) is 33.8 Å². The van der Waals surface area contributed by atoms with E-state index in [9.17, 15) is 14.4 Å². The van der Waals surface area contributed by atoms with E-state index in [-0.39, 0.29) is 6.42 Å². The Labute approximate surface area is 141 Å². The Morgan fingerprint density at radius 3 is 2.30 bits per heavy atom. The lowest BCUT2D eigenvalue weighted by Crippen LogP contribution is -2.49. The molecule has 0 heterocycles. The largest absolute Gasteiger partial charge is 0.480 e. The molecule has 124 valence electrons. The molecule has 1 aromatic rings. The number of carboxylic acid groups (broad SMARTS) is 1. The first kappa shape index (κ1) is 18.7. The zero-order valence-corrected chi connectivity index (χ0v) is 13.5. The van der Waals surface area contributed by atoms with Crippen LogP contribution in [0.15, 0.2) is 18.2 Å². The first-order valence-corrected chi connectivity index (χ1v) is 7.01. The van der Waals surface area contributed by atoms with E-state index in [4.69, 9.17) is 33.7 Å². The first-order chi connectivity index (χ1) is 10.7. The number of benzene rings is 1. The van der Waals surface area contributed by atoms with Gasteiger partial charge < -0.3 is 10.0 Å². The fraction of sp³-hybridized carbons (Fsp3) is 0.231. The van der Waals surface area contributed by atoms with Gasteiger partial charge in [0.2, 0.25) is 11.9 Å². The standard InChI is InChI=1S/C13H14Cl2N4O4/c1-19(6-11(21)22)13(23)18-12(16)17-10(20)5-7-8(14)3-2-4-9(7)15/h2-4H,5-6H2,1H3,(H,21,22)(H3,16,17,18,20,23). The lowest BCUT2D eigenvalue weighted by molar-refractivity contribution is -0.137. The summed E-state index contributed by atoms with van der Waals surface area (Å²) in [5.41, 5.74) is 0.399. The van der Waals surface area contributed by atoms with E-state index in [1.54, 1.807) is 18.2 Å². The zero-order valence-electron chi connectivity index (χ0n) is 12.0. The minimum atomic E-state index is -1.20. The van der Waals surface area contributed by atoms with Crippen molar-refractivity contribution in [2.24, 2.45) is 0 Å². The lowest BCUT2D eigenvalue weighted by Gasteiger charge is -2.16. The molecular formula is C13H14Cl2N4O4. The van der Waals surface area contributed by atoms with Crippen LogP contribution in [0.3, 0.4) is 0 Å². The summed E-state index contributed by atoms with van der Waals surface area (Å²) in [5.74, 6) is -2.39. The Balaban J connectivity index is 2.56. The summed E-state index contributed by atoms with van der Waals surface area (Å²) in [6.07, 6.45) is -0.179. The highest BCUT2D eigenvalue weighted by Gasteiger charge is 2.16. The van der Waals surface area contributed by atoms with Crippen LogP contribution in [0.25, 0.3) is 0 Å². The number of nitrogens with zero attached hydrogens (tertiary/aromatic N) is 1. The monoisotopic (exact) mass is 360 g/mol. The molecule has 0 saturated heterocycles. The van der Waals surface area contributed by atoms with Gasteiger partial charge in [-0.05, 0) is 17.7 Å². The summed E-state index contributed by atoms with van der Waals surface area (Å²) < 4.78 is 0. The number of amides is 3. The van der Waals surface area contributed by atoms with Crippen molar-refractivity contribution in [2.75, 3.05) is 13.6 Å². The normalized spacial score (nSPS) is 9.87. The Bertz CT molecular complexity index is 631. The Kier molecular flexibility index (Phi) is 6.80. The van der Waals surface area contributed by atoms with Crippen LogP contribution in [0.4, 0.5) is 4.79 Å². The number of guanidine groups is 1. The lowest BCUT2D eigenvalue weighted by atomic mass is 10.1. The number of rotatable bonds is 4. The third-order valence-electron chi connectivity index (χ3n) is 2.61. The minimum absolute atomic E-state index is 0.179. The molecule has 0 spiro atoms. The number of nitrogens with one attached hydrogen (secondary N) is 3. The maximum Gasteiger partial charge on any atom is 0.324 e. The summed E-state index contributed by atoms with van der Waals surface area (Å²) in [5, 5.41) is 20.9. The molecule has 4 N–H and O–H groups in total. The predicted molar refractivity (Wildman–Crippen MR) is 84.8 cm³/mol. The average molecular weight is 361 g/mol. The van der Waals surface area contributed by atoms with Gasteiger partial charge in [-0.25, -0.2) is 4.79 Å². The Hall–Kier alpha value is -2.32. The second kappa shape index (κ2) is 8.35. The van der Waals surface area contributed by atoms with E-state index >= 15 is 0 Å². The van der Waals surface area contributed by atoms with Gasteiger partial charge in [0.05, 0.1) is 6.42 Å². The highest BCUT2D eigenvalue weighted by molar-refractivity contribution is 6.36. The molecule has 3 amide bonds. The van der Waals surface area contributed by atoms with Crippen LogP contribution in [-0.4, -0.2) is 47.5 Å². The molecule has 0 fully saturated rings. The molecule has 8 nitrogen and oxygen atoms in total. The van der Waals surface area contributed by atoms with Crippen LogP contribution in [0.2, 0.25) is 10.0 Å². The molecule has 0 saturated carbocycles. The zero-order chi connectivity index (χ0) is 17.6. The maximum atomic E-state index is 11.8. The van der Waals surface area contributed by atoms with Crippen molar-refractivity contribution in [1.29, 1.82) is 5.41 Å². The van der Waals surface area contributed by atoms with Crippen molar-refractivity contribution in [3.8, 4) is 0 Å². The van der Waals surface area contributed by atoms with Crippen LogP contribution in [-0.2, 0) is 16.0 Å². The fourth-order valence-corrected chi connectivity index (χ4v) is 2.08. The van der Waals surface area contributed by atoms with Gasteiger partial charge in [0.15, 0.2) is 0 Å². The van der Waals surface area contributed by atoms with Gasteiger partial charge in [-0.2, -0.15) is 0 Å². The number of carbonyl (C=O) groups excluding carboxylic acids is 2. The fourth-order valence-electron chi connectivity index (χ4n) is 1.55. The number of carboxylic acids is 1. The SMILES string of the molecule is CN(CC(=O)O)C(=O)NC(=N)NC(=O)Cc1c(Cl)cccc1Cl. The van der Waals surface area contributed by atoms with Crippen LogP contribution in [0.5, 0.6) is 0 Å². The van der Waals surface area contributed by atoms with E-state index in [2.05, 4.69) is 5.32 Å². The topological polar surface area (TPSA) is 123 Å². The summed E-state index contributed by atoms with van der Waals surface area (Å²) in [7, 11) is 1.24. The molecule has 10 heteroatoms. The van der Waals surface area contributed by atoms with Gasteiger partial charge in [0.1, 0.15) is 6.54 Å². The van der Waals surface area contributed by atoms with Crippen LogP contribution in [0, 0.1) is 5.41 Å². The second-order valence-electron chi connectivity index (χ2n) is 4.48. The number of hydrogen-bond acceptors (Lipinski definition) is 4. The van der Waals surface area contributed by atoms with Gasteiger partial charge >= 0.3 is 12.0 Å².